The van der Waals surface area contributed by atoms with E-state index >= 15 is 0 Å². The van der Waals surface area contributed by atoms with Crippen LogP contribution >= 0.6 is 24.1 Å². The van der Waals surface area contributed by atoms with Gasteiger partial charge in [0.15, 0.2) is 0 Å². The maximum atomic E-state index is 13.4. The molecule has 57 heavy (non-hydrogen) atoms. The van der Waals surface area contributed by atoms with E-state index in [0.29, 0.717) is 24.2 Å². The molecule has 0 aromatic heterocycles. The van der Waals surface area contributed by atoms with Crippen LogP contribution in [0.15, 0.2) is 103 Å². The fourth-order valence-corrected chi connectivity index (χ4v) is 7.27. The van der Waals surface area contributed by atoms with Crippen molar-refractivity contribution in [2.45, 2.75) is 24.5 Å². The summed E-state index contributed by atoms with van der Waals surface area (Å²) >= 11 is 0.729. The van der Waals surface area contributed by atoms with Crippen molar-refractivity contribution in [3.05, 3.63) is 90.0 Å². The first-order valence-corrected chi connectivity index (χ1v) is 19.2. The maximum Gasteiger partial charge on any atom is 1.00 e. The van der Waals surface area contributed by atoms with E-state index in [4.69, 9.17) is 0 Å². The number of carbonyl (C=O) groups excluding carboxylic acids is 2. The molecule has 0 saturated heterocycles. The molecular formula is C28H15N2Na5O17S5. The first kappa shape index (κ1) is 57.8. The van der Waals surface area contributed by atoms with Crippen molar-refractivity contribution in [1.82, 2.24) is 0 Å². The fraction of sp³-hybridized carbons (Fsp3) is 0. The Morgan fingerprint density at radius 3 is 1.53 bits per heavy atom. The molecule has 0 bridgehead atoms. The van der Waals surface area contributed by atoms with Gasteiger partial charge in [-0.05, 0) is 88.3 Å². The van der Waals surface area contributed by atoms with E-state index in [-0.39, 0.29) is 197 Å². The van der Waals surface area contributed by atoms with E-state index in [1.165, 1.54) is 36.4 Å². The molecule has 5 aromatic carbocycles. The predicted octanol–water partition coefficient (Wildman–Crippen LogP) is -13.3. The third-order valence-corrected chi connectivity index (χ3v) is 10.6. The summed E-state index contributed by atoms with van der Waals surface area (Å²) in [6.45, 7) is 0. The van der Waals surface area contributed by atoms with Crippen LogP contribution in [0.1, 0.15) is 20.7 Å². The van der Waals surface area contributed by atoms with E-state index < -0.39 is 73.7 Å². The number of nitrogens with one attached hydrogen (secondary N) is 2. The van der Waals surface area contributed by atoms with E-state index in [1.54, 1.807) is 0 Å². The zero-order valence-electron chi connectivity index (χ0n) is 30.0. The van der Waals surface area contributed by atoms with Gasteiger partial charge in [0.1, 0.15) is 30.4 Å². The largest absolute Gasteiger partial charge is 1.00 e. The summed E-state index contributed by atoms with van der Waals surface area (Å²) in [4.78, 5) is 24.4. The van der Waals surface area contributed by atoms with Gasteiger partial charge in [-0.15, -0.1) is 0 Å². The van der Waals surface area contributed by atoms with Gasteiger partial charge < -0.3 is 34.8 Å². The van der Waals surface area contributed by atoms with Crippen molar-refractivity contribution in [1.29, 1.82) is 0 Å². The fourth-order valence-electron chi connectivity index (χ4n) is 4.69. The molecule has 5 rings (SSSR count). The Morgan fingerprint density at radius 1 is 0.509 bits per heavy atom. The second kappa shape index (κ2) is 24.6. The summed E-state index contributed by atoms with van der Waals surface area (Å²) in [5.74, 6) is -2.40. The average molecular weight is 927 g/mol. The van der Waals surface area contributed by atoms with Gasteiger partial charge in [0.2, 0.25) is 0 Å². The minimum absolute atomic E-state index is 0. The molecule has 0 spiro atoms. The zero-order valence-corrected chi connectivity index (χ0v) is 44.1. The molecule has 0 unspecified atom stereocenters. The van der Waals surface area contributed by atoms with Crippen LogP contribution < -0.4 is 169 Å². The molecule has 0 atom stereocenters. The maximum absolute atomic E-state index is 13.4. The topological polar surface area (TPSA) is 313 Å². The Bertz CT molecular complexity index is 2610. The van der Waals surface area contributed by atoms with Gasteiger partial charge in [-0.3, -0.25) is 19.7 Å². The van der Waals surface area contributed by atoms with Crippen LogP contribution in [-0.4, -0.2) is 50.7 Å². The summed E-state index contributed by atoms with van der Waals surface area (Å²) in [6.07, 6.45) is 0. The quantitative estimate of drug-likeness (QED) is 0.0364. The first-order chi connectivity index (χ1) is 24.4. The van der Waals surface area contributed by atoms with Gasteiger partial charge in [-0.2, -0.15) is 8.67 Å². The smallest absolute Gasteiger partial charge is 0.744 e. The molecule has 5 aromatic rings. The van der Waals surface area contributed by atoms with Gasteiger partial charge in [-0.1, -0.05) is 12.1 Å². The monoisotopic (exact) mass is 926 g/mol. The van der Waals surface area contributed by atoms with Crippen LogP contribution in [0.3, 0.4) is 0 Å². The minimum Gasteiger partial charge on any atom is -0.744 e. The zero-order chi connectivity index (χ0) is 38.0. The third-order valence-electron chi connectivity index (χ3n) is 6.90. The second-order valence-electron chi connectivity index (χ2n) is 10.2. The van der Waals surface area contributed by atoms with Crippen molar-refractivity contribution >= 4 is 99.2 Å². The van der Waals surface area contributed by atoms with Crippen LogP contribution in [0.4, 0.5) is 11.4 Å². The standard InChI is InChI=1S/C28H20N2O17S5.5Na/c31-27(29-23-10-15-2-4-21(50(35,36)37)7-17(15)12-25(23)49-47-45-34)18-5-19(9-22(8-18)51(38,39)40)28(32)30-24-11-14-1-3-20(48-46-44-33)6-16(14)13-26(24)52(41,42)43;;;;;/h1-13,33-34H,(H,29,31)(H,30,32)(H,35,36,37)(H,38,39,40)(H,41,42,43);;;;;/q;5*+1/p-5. The van der Waals surface area contributed by atoms with E-state index in [0.717, 1.165) is 30.3 Å². The van der Waals surface area contributed by atoms with E-state index in [1.807, 2.05) is 0 Å². The molecule has 2 amide bonds. The average Bonchev–Trinajstić information content (AvgIpc) is 3.07. The summed E-state index contributed by atoms with van der Waals surface area (Å²) < 4.78 is 116. The van der Waals surface area contributed by atoms with Crippen molar-refractivity contribution in [3.63, 3.8) is 0 Å². The minimum atomic E-state index is -5.34. The predicted molar refractivity (Wildman–Crippen MR) is 170 cm³/mol. The van der Waals surface area contributed by atoms with Crippen molar-refractivity contribution in [2.75, 3.05) is 10.6 Å². The number of anilines is 2. The van der Waals surface area contributed by atoms with Crippen LogP contribution in [0.2, 0.25) is 0 Å². The van der Waals surface area contributed by atoms with Crippen LogP contribution in [0, 0.1) is 0 Å². The molecule has 29 heteroatoms. The Kier molecular flexibility index (Phi) is 24.9. The van der Waals surface area contributed by atoms with Crippen LogP contribution in [-0.2, 0) is 49.1 Å². The first-order valence-electron chi connectivity index (χ1n) is 13.4. The van der Waals surface area contributed by atoms with Gasteiger partial charge in [0.05, 0.1) is 55.0 Å². The molecule has 0 heterocycles. The SMILES string of the molecule is O=C(Nc1cc2ccc(S(=O)(=O)[O-])cc2cc1SOO[O-])c1cc(C(=O)Nc2cc3ccc(SOO[O-])cc3cc2S(=O)(=O)[O-])cc(S(=O)(=O)[O-])c1.[Na+].[Na+].[Na+].[Na+].[Na+]. The van der Waals surface area contributed by atoms with E-state index in [9.17, 15) is 59.0 Å². The van der Waals surface area contributed by atoms with Gasteiger partial charge in [0, 0.05) is 16.0 Å². The van der Waals surface area contributed by atoms with Gasteiger partial charge in [0.25, 0.3) is 11.8 Å². The molecule has 19 nitrogen and oxygen atoms in total. The molecule has 0 radical (unpaired) electrons. The molecule has 0 saturated carbocycles. The molecular weight excluding hydrogens is 912 g/mol. The molecule has 0 fully saturated rings. The van der Waals surface area contributed by atoms with Crippen LogP contribution in [0.25, 0.3) is 21.5 Å². The Hall–Kier alpha value is 0.750. The van der Waals surface area contributed by atoms with Crippen LogP contribution in [0.5, 0.6) is 0 Å². The third kappa shape index (κ3) is 15.5. The number of carbonyl (C=O) groups is 2. The van der Waals surface area contributed by atoms with Gasteiger partial charge >= 0.3 is 148 Å². The molecule has 274 valence electrons. The Morgan fingerprint density at radius 2 is 1.00 bits per heavy atom. The molecule has 0 aliphatic heterocycles. The summed E-state index contributed by atoms with van der Waals surface area (Å²) in [6, 6.07) is 13.9. The normalized spacial score (nSPS) is 11.2. The molecule has 2 N–H and O–H groups in total. The number of hydrogen-bond acceptors (Lipinski definition) is 19. The molecule has 0 aliphatic carbocycles. The molecule has 0 aliphatic rings. The van der Waals surface area contributed by atoms with Crippen molar-refractivity contribution < 1.29 is 226 Å². The number of hydrogen-bond donors (Lipinski definition) is 2. The van der Waals surface area contributed by atoms with Crippen molar-refractivity contribution in [2.24, 2.45) is 0 Å². The number of fused-ring (bicyclic) bond motifs is 2. The van der Waals surface area contributed by atoms with Gasteiger partial charge in [-0.25, -0.2) is 25.3 Å². The number of amides is 2. The summed E-state index contributed by atoms with van der Waals surface area (Å²) in [7, 11) is -15.5. The van der Waals surface area contributed by atoms with Crippen molar-refractivity contribution in [3.8, 4) is 0 Å². The summed E-state index contributed by atoms with van der Waals surface area (Å²) in [5.41, 5.74) is -1.95. The Balaban J connectivity index is 0.00000627. The number of benzene rings is 5. The second-order valence-corrected chi connectivity index (χ2v) is 15.8. The number of rotatable bonds is 13. The summed E-state index contributed by atoms with van der Waals surface area (Å²) in [5, 5.41) is 32.6. The van der Waals surface area contributed by atoms with E-state index in [2.05, 4.69) is 29.4 Å². The Labute approximate surface area is 442 Å².